The topological polar surface area (TPSA) is 22.3 Å². The lowest BCUT2D eigenvalue weighted by molar-refractivity contribution is -0.659. The third kappa shape index (κ3) is 3.99. The normalized spacial score (nSPS) is 10.9. The first-order valence-corrected chi connectivity index (χ1v) is 11.1. The molecule has 0 saturated carbocycles. The van der Waals surface area contributed by atoms with Gasteiger partial charge in [0, 0.05) is 17.0 Å². The molecule has 1 aromatic heterocycles. The quantitative estimate of drug-likeness (QED) is 0.274. The second-order valence-electron chi connectivity index (χ2n) is 8.25. The Hall–Kier alpha value is -4.18. The summed E-state index contributed by atoms with van der Waals surface area (Å²) in [4.78, 5) is 0. The maximum absolute atomic E-state index is 13.4. The molecule has 0 unspecified atom stereocenters. The number of pyridine rings is 1. The van der Waals surface area contributed by atoms with Crippen LogP contribution in [0, 0.1) is 5.82 Å². The number of benzene rings is 4. The Bertz CT molecular complexity index is 1490. The van der Waals surface area contributed by atoms with Crippen molar-refractivity contribution in [3.63, 3.8) is 0 Å². The number of methoxy groups -OCH3 is 2. The van der Waals surface area contributed by atoms with Gasteiger partial charge in [-0.05, 0) is 58.5 Å². The molecule has 4 heteroatoms. The van der Waals surface area contributed by atoms with Crippen LogP contribution in [0.4, 0.5) is 4.39 Å². The summed E-state index contributed by atoms with van der Waals surface area (Å²) in [6.45, 7) is 0. The van der Waals surface area contributed by atoms with Gasteiger partial charge in [-0.3, -0.25) is 0 Å². The van der Waals surface area contributed by atoms with Gasteiger partial charge in [-0.1, -0.05) is 48.5 Å². The minimum atomic E-state index is -0.248. The fourth-order valence-electron chi connectivity index (χ4n) is 4.41. The number of nitrogens with zero attached hydrogens (tertiary/aromatic N) is 1. The highest BCUT2D eigenvalue weighted by Gasteiger charge is 2.20. The zero-order chi connectivity index (χ0) is 23.7. The number of rotatable bonds is 5. The highest BCUT2D eigenvalue weighted by Crippen LogP contribution is 2.42. The Morgan fingerprint density at radius 2 is 1.38 bits per heavy atom. The van der Waals surface area contributed by atoms with Crippen molar-refractivity contribution in [1.82, 2.24) is 0 Å². The van der Waals surface area contributed by atoms with E-state index < -0.39 is 0 Å². The van der Waals surface area contributed by atoms with E-state index in [1.165, 1.54) is 22.9 Å². The minimum absolute atomic E-state index is 0.248. The van der Waals surface area contributed by atoms with Crippen molar-refractivity contribution in [3.8, 4) is 45.0 Å². The average molecular weight is 451 g/mol. The fourth-order valence-corrected chi connectivity index (χ4v) is 4.41. The maximum Gasteiger partial charge on any atom is 0.213 e. The SMILES string of the molecule is COc1cc(-c2cc3ccccc3c[n+]2C)cc(-c2cccc(-c3ccc(F)cc3)c2)c1OC. The van der Waals surface area contributed by atoms with Gasteiger partial charge in [0.25, 0.3) is 0 Å². The van der Waals surface area contributed by atoms with Crippen molar-refractivity contribution in [2.45, 2.75) is 0 Å². The van der Waals surface area contributed by atoms with Crippen LogP contribution in [0.3, 0.4) is 0 Å². The van der Waals surface area contributed by atoms with Gasteiger partial charge < -0.3 is 9.47 Å². The van der Waals surface area contributed by atoms with E-state index in [0.717, 1.165) is 33.5 Å². The van der Waals surface area contributed by atoms with Gasteiger partial charge >= 0.3 is 0 Å². The molecule has 0 amide bonds. The molecule has 0 aliphatic carbocycles. The molecule has 4 aromatic carbocycles. The van der Waals surface area contributed by atoms with Crippen molar-refractivity contribution < 1.29 is 18.4 Å². The predicted octanol–water partition coefficient (Wildman–Crippen LogP) is 6.82. The summed E-state index contributed by atoms with van der Waals surface area (Å²) in [6.07, 6.45) is 2.14. The molecule has 34 heavy (non-hydrogen) atoms. The first-order valence-electron chi connectivity index (χ1n) is 11.1. The maximum atomic E-state index is 13.4. The Labute approximate surface area is 198 Å². The number of hydrogen-bond acceptors (Lipinski definition) is 2. The summed E-state index contributed by atoms with van der Waals surface area (Å²) < 4.78 is 27.1. The predicted molar refractivity (Wildman–Crippen MR) is 134 cm³/mol. The minimum Gasteiger partial charge on any atom is -0.493 e. The van der Waals surface area contributed by atoms with Gasteiger partial charge in [-0.2, -0.15) is 0 Å². The van der Waals surface area contributed by atoms with Crippen molar-refractivity contribution in [3.05, 3.63) is 103 Å². The van der Waals surface area contributed by atoms with Crippen LogP contribution in [0.2, 0.25) is 0 Å². The van der Waals surface area contributed by atoms with E-state index in [-0.39, 0.29) is 5.82 Å². The third-order valence-corrected chi connectivity index (χ3v) is 6.13. The van der Waals surface area contributed by atoms with Crippen LogP contribution in [0.15, 0.2) is 97.2 Å². The lowest BCUT2D eigenvalue weighted by atomic mass is 9.95. The largest absolute Gasteiger partial charge is 0.493 e. The Morgan fingerprint density at radius 1 is 0.647 bits per heavy atom. The summed E-state index contributed by atoms with van der Waals surface area (Å²) in [7, 11) is 5.36. The monoisotopic (exact) mass is 450 g/mol. The number of hydrogen-bond donors (Lipinski definition) is 0. The molecule has 0 N–H and O–H groups in total. The Kier molecular flexibility index (Phi) is 5.72. The Balaban J connectivity index is 1.69. The molecule has 0 aliphatic heterocycles. The molecule has 0 spiro atoms. The molecule has 0 atom stereocenters. The van der Waals surface area contributed by atoms with Gasteiger partial charge in [-0.25, -0.2) is 8.96 Å². The lowest BCUT2D eigenvalue weighted by Crippen LogP contribution is -2.30. The highest BCUT2D eigenvalue weighted by molar-refractivity contribution is 5.86. The van der Waals surface area contributed by atoms with Crippen LogP contribution < -0.4 is 14.0 Å². The van der Waals surface area contributed by atoms with Crippen LogP contribution in [-0.2, 0) is 7.05 Å². The first kappa shape index (κ1) is 21.7. The van der Waals surface area contributed by atoms with Crippen LogP contribution in [0.5, 0.6) is 11.5 Å². The van der Waals surface area contributed by atoms with Crippen LogP contribution >= 0.6 is 0 Å². The van der Waals surface area contributed by atoms with Gasteiger partial charge in [0.1, 0.15) is 12.9 Å². The summed E-state index contributed by atoms with van der Waals surface area (Å²) in [5.74, 6) is 1.09. The molecular formula is C30H25FNO2+. The molecule has 5 aromatic rings. The van der Waals surface area contributed by atoms with Crippen molar-refractivity contribution in [1.29, 1.82) is 0 Å². The molecular weight excluding hydrogens is 425 g/mol. The van der Waals surface area contributed by atoms with E-state index >= 15 is 0 Å². The van der Waals surface area contributed by atoms with Crippen LogP contribution in [-0.4, -0.2) is 14.2 Å². The molecule has 3 nitrogen and oxygen atoms in total. The molecule has 0 fully saturated rings. The molecule has 0 radical (unpaired) electrons. The number of aryl methyl sites for hydroxylation is 1. The molecule has 0 aliphatic rings. The average Bonchev–Trinajstić information content (AvgIpc) is 2.88. The van der Waals surface area contributed by atoms with E-state index in [0.29, 0.717) is 11.5 Å². The van der Waals surface area contributed by atoms with E-state index in [2.05, 4.69) is 47.2 Å². The first-order chi connectivity index (χ1) is 16.6. The second-order valence-corrected chi connectivity index (χ2v) is 8.25. The van der Waals surface area contributed by atoms with Crippen molar-refractivity contribution in [2.24, 2.45) is 7.05 Å². The van der Waals surface area contributed by atoms with E-state index in [9.17, 15) is 4.39 Å². The molecule has 5 rings (SSSR count). The van der Waals surface area contributed by atoms with Gasteiger partial charge in [0.15, 0.2) is 17.7 Å². The number of fused-ring (bicyclic) bond motifs is 1. The van der Waals surface area contributed by atoms with Gasteiger partial charge in [0.05, 0.1) is 19.8 Å². The zero-order valence-corrected chi connectivity index (χ0v) is 19.4. The van der Waals surface area contributed by atoms with Gasteiger partial charge in [0.2, 0.25) is 5.69 Å². The van der Waals surface area contributed by atoms with Crippen molar-refractivity contribution >= 4 is 10.8 Å². The number of ether oxygens (including phenoxy) is 2. The summed E-state index contributed by atoms with van der Waals surface area (Å²) in [6, 6.07) is 29.4. The van der Waals surface area contributed by atoms with E-state index in [4.69, 9.17) is 9.47 Å². The lowest BCUT2D eigenvalue weighted by Gasteiger charge is -2.16. The molecule has 0 bridgehead atoms. The summed E-state index contributed by atoms with van der Waals surface area (Å²) in [5, 5.41) is 2.35. The van der Waals surface area contributed by atoms with E-state index in [1.807, 2.05) is 37.4 Å². The Morgan fingerprint density at radius 3 is 2.12 bits per heavy atom. The second kappa shape index (κ2) is 8.99. The van der Waals surface area contributed by atoms with Crippen LogP contribution in [0.1, 0.15) is 0 Å². The van der Waals surface area contributed by atoms with Crippen LogP contribution in [0.25, 0.3) is 44.3 Å². The zero-order valence-electron chi connectivity index (χ0n) is 19.4. The summed E-state index contributed by atoms with van der Waals surface area (Å²) >= 11 is 0. The summed E-state index contributed by atoms with van der Waals surface area (Å²) in [5.41, 5.74) is 5.95. The number of halogens is 1. The van der Waals surface area contributed by atoms with E-state index in [1.54, 1.807) is 26.4 Å². The standard InChI is InChI=1S/C30H25FNO2/c1-32-19-24-8-5-4-7-22(24)17-28(32)25-16-27(30(34-3)29(18-25)33-2)23-10-6-9-21(15-23)20-11-13-26(31)14-12-20/h4-19H,1-3H3/q+1. The molecule has 0 saturated heterocycles. The molecule has 1 heterocycles. The fraction of sp³-hybridized carbons (Fsp3) is 0.100. The smallest absolute Gasteiger partial charge is 0.213 e. The highest BCUT2D eigenvalue weighted by atomic mass is 19.1. The van der Waals surface area contributed by atoms with Crippen molar-refractivity contribution in [2.75, 3.05) is 14.2 Å². The molecule has 168 valence electrons. The number of aromatic nitrogens is 1. The third-order valence-electron chi connectivity index (χ3n) is 6.13. The van der Waals surface area contributed by atoms with Gasteiger partial charge in [-0.15, -0.1) is 0 Å².